The lowest BCUT2D eigenvalue weighted by Gasteiger charge is -2.33. The summed E-state index contributed by atoms with van der Waals surface area (Å²) in [5.74, 6) is 0.622. The maximum Gasteiger partial charge on any atom is 0.408 e. The summed E-state index contributed by atoms with van der Waals surface area (Å²) in [5.41, 5.74) is 0.424. The van der Waals surface area contributed by atoms with Crippen LogP contribution in [0.5, 0.6) is 0 Å². The zero-order valence-corrected chi connectivity index (χ0v) is 15.7. The third-order valence-corrected chi connectivity index (χ3v) is 4.37. The van der Waals surface area contributed by atoms with Gasteiger partial charge in [-0.15, -0.1) is 0 Å². The van der Waals surface area contributed by atoms with Crippen molar-refractivity contribution in [3.05, 3.63) is 35.9 Å². The van der Waals surface area contributed by atoms with Crippen LogP contribution < -0.4 is 5.32 Å². The lowest BCUT2D eigenvalue weighted by molar-refractivity contribution is -0.134. The fourth-order valence-corrected chi connectivity index (χ4v) is 2.95. The number of carbonyl (C=O) groups excluding carboxylic acids is 2. The summed E-state index contributed by atoms with van der Waals surface area (Å²) < 4.78 is 5.34. The Kier molecular flexibility index (Phi) is 6.45. The monoisotopic (exact) mass is 346 g/mol. The van der Waals surface area contributed by atoms with Crippen molar-refractivity contribution in [2.45, 2.75) is 58.6 Å². The van der Waals surface area contributed by atoms with Gasteiger partial charge in [0, 0.05) is 19.5 Å². The van der Waals surface area contributed by atoms with E-state index in [-0.39, 0.29) is 5.91 Å². The van der Waals surface area contributed by atoms with Crippen molar-refractivity contribution >= 4 is 12.0 Å². The second kappa shape index (κ2) is 8.37. The van der Waals surface area contributed by atoms with Crippen LogP contribution in [0.4, 0.5) is 4.79 Å². The minimum atomic E-state index is -0.606. The van der Waals surface area contributed by atoms with Gasteiger partial charge in [-0.1, -0.05) is 37.3 Å². The SMILES string of the molecule is CC1CCN(C(=O)C(Cc2ccccc2)NC(=O)OC(C)(C)C)CC1. The highest BCUT2D eigenvalue weighted by Gasteiger charge is 2.30. The van der Waals surface area contributed by atoms with Gasteiger partial charge in [0.05, 0.1) is 0 Å². The molecule has 2 rings (SSSR count). The molecule has 0 aromatic heterocycles. The summed E-state index contributed by atoms with van der Waals surface area (Å²) in [6, 6.07) is 9.14. The lowest BCUT2D eigenvalue weighted by atomic mass is 9.97. The summed E-state index contributed by atoms with van der Waals surface area (Å²) in [6.07, 6.45) is 1.93. The van der Waals surface area contributed by atoms with Crippen molar-refractivity contribution in [1.82, 2.24) is 10.2 Å². The number of hydrogen-bond donors (Lipinski definition) is 1. The predicted molar refractivity (Wildman–Crippen MR) is 98.3 cm³/mol. The van der Waals surface area contributed by atoms with Gasteiger partial charge in [0.1, 0.15) is 11.6 Å². The van der Waals surface area contributed by atoms with E-state index in [1.54, 1.807) is 0 Å². The van der Waals surface area contributed by atoms with E-state index in [2.05, 4.69) is 12.2 Å². The maximum absolute atomic E-state index is 13.0. The van der Waals surface area contributed by atoms with Crippen LogP contribution in [0.25, 0.3) is 0 Å². The first-order valence-electron chi connectivity index (χ1n) is 9.07. The molecular weight excluding hydrogens is 316 g/mol. The van der Waals surface area contributed by atoms with E-state index in [4.69, 9.17) is 4.74 Å². The molecule has 1 fully saturated rings. The molecule has 5 heteroatoms. The predicted octanol–water partition coefficient (Wildman–Crippen LogP) is 3.38. The van der Waals surface area contributed by atoms with Gasteiger partial charge in [0.25, 0.3) is 0 Å². The number of alkyl carbamates (subject to hydrolysis) is 1. The van der Waals surface area contributed by atoms with Crippen LogP contribution in [0.15, 0.2) is 30.3 Å². The third kappa shape index (κ3) is 6.40. The number of nitrogens with one attached hydrogen (secondary N) is 1. The van der Waals surface area contributed by atoms with E-state index >= 15 is 0 Å². The molecule has 1 atom stereocenters. The van der Waals surface area contributed by atoms with E-state index in [0.717, 1.165) is 31.5 Å². The summed E-state index contributed by atoms with van der Waals surface area (Å²) in [7, 11) is 0. The van der Waals surface area contributed by atoms with Crippen molar-refractivity contribution in [3.8, 4) is 0 Å². The first-order valence-corrected chi connectivity index (χ1v) is 9.07. The molecule has 0 spiro atoms. The van der Waals surface area contributed by atoms with Crippen molar-refractivity contribution in [2.75, 3.05) is 13.1 Å². The van der Waals surface area contributed by atoms with Crippen LogP contribution in [0.2, 0.25) is 0 Å². The molecule has 1 aliphatic rings. The number of rotatable bonds is 4. The summed E-state index contributed by atoms with van der Waals surface area (Å²) in [6.45, 7) is 9.15. The molecule has 0 aliphatic carbocycles. The average Bonchev–Trinajstić information content (AvgIpc) is 2.53. The second-order valence-corrected chi connectivity index (χ2v) is 7.90. The van der Waals surface area contributed by atoms with E-state index in [0.29, 0.717) is 12.3 Å². The molecule has 25 heavy (non-hydrogen) atoms. The lowest BCUT2D eigenvalue weighted by Crippen LogP contribution is -2.52. The van der Waals surface area contributed by atoms with Gasteiger partial charge < -0.3 is 15.0 Å². The standard InChI is InChI=1S/C20H30N2O3/c1-15-10-12-22(13-11-15)18(23)17(14-16-8-6-5-7-9-16)21-19(24)25-20(2,3)4/h5-9,15,17H,10-14H2,1-4H3,(H,21,24). The Morgan fingerprint density at radius 1 is 1.20 bits per heavy atom. The Morgan fingerprint density at radius 3 is 2.36 bits per heavy atom. The second-order valence-electron chi connectivity index (χ2n) is 7.90. The van der Waals surface area contributed by atoms with Gasteiger partial charge in [0.15, 0.2) is 0 Å². The van der Waals surface area contributed by atoms with Crippen molar-refractivity contribution in [3.63, 3.8) is 0 Å². The first-order chi connectivity index (χ1) is 11.7. The number of likely N-dealkylation sites (tertiary alicyclic amines) is 1. The normalized spacial score (nSPS) is 17.0. The van der Waals surface area contributed by atoms with Crippen LogP contribution in [0, 0.1) is 5.92 Å². The summed E-state index contributed by atoms with van der Waals surface area (Å²) in [5, 5.41) is 2.78. The molecule has 1 aromatic carbocycles. The Balaban J connectivity index is 2.08. The van der Waals surface area contributed by atoms with Crippen LogP contribution in [0.3, 0.4) is 0 Å². The highest BCUT2D eigenvalue weighted by molar-refractivity contribution is 5.86. The van der Waals surface area contributed by atoms with Gasteiger partial charge in [0.2, 0.25) is 5.91 Å². The van der Waals surface area contributed by atoms with Crippen molar-refractivity contribution in [1.29, 1.82) is 0 Å². The van der Waals surface area contributed by atoms with Gasteiger partial charge in [-0.25, -0.2) is 4.79 Å². The molecule has 0 radical (unpaired) electrons. The molecule has 138 valence electrons. The molecule has 0 bridgehead atoms. The van der Waals surface area contributed by atoms with Gasteiger partial charge in [-0.2, -0.15) is 0 Å². The fourth-order valence-electron chi connectivity index (χ4n) is 2.95. The quantitative estimate of drug-likeness (QED) is 0.909. The van der Waals surface area contributed by atoms with E-state index < -0.39 is 17.7 Å². The third-order valence-electron chi connectivity index (χ3n) is 4.37. The molecule has 2 amide bonds. The maximum atomic E-state index is 13.0. The molecule has 1 saturated heterocycles. The Labute approximate surface area is 150 Å². The van der Waals surface area contributed by atoms with Crippen LogP contribution >= 0.6 is 0 Å². The minimum absolute atomic E-state index is 0.0263. The highest BCUT2D eigenvalue weighted by Crippen LogP contribution is 2.18. The van der Waals surface area contributed by atoms with Crippen LogP contribution in [-0.4, -0.2) is 41.6 Å². The zero-order valence-electron chi connectivity index (χ0n) is 15.7. The molecule has 1 aromatic rings. The number of benzene rings is 1. The largest absolute Gasteiger partial charge is 0.444 e. The van der Waals surface area contributed by atoms with Crippen molar-refractivity contribution < 1.29 is 14.3 Å². The molecule has 1 heterocycles. The van der Waals surface area contributed by atoms with Gasteiger partial charge in [-0.3, -0.25) is 4.79 Å². The topological polar surface area (TPSA) is 58.6 Å². The Bertz CT molecular complexity index is 572. The molecular formula is C20H30N2O3. The van der Waals surface area contributed by atoms with Crippen molar-refractivity contribution in [2.24, 2.45) is 5.92 Å². The Hall–Kier alpha value is -2.04. The number of hydrogen-bond acceptors (Lipinski definition) is 3. The van der Waals surface area contributed by atoms with Gasteiger partial charge >= 0.3 is 6.09 Å². The van der Waals surface area contributed by atoms with Crippen LogP contribution in [0.1, 0.15) is 46.1 Å². The fraction of sp³-hybridized carbons (Fsp3) is 0.600. The zero-order chi connectivity index (χ0) is 18.4. The molecule has 1 aliphatic heterocycles. The number of ether oxygens (including phenoxy) is 1. The molecule has 0 saturated carbocycles. The minimum Gasteiger partial charge on any atom is -0.444 e. The van der Waals surface area contributed by atoms with E-state index in [1.165, 1.54) is 0 Å². The molecule has 5 nitrogen and oxygen atoms in total. The molecule has 1 N–H and O–H groups in total. The van der Waals surface area contributed by atoms with E-state index in [1.807, 2.05) is 56.0 Å². The number of carbonyl (C=O) groups is 2. The number of piperidine rings is 1. The smallest absolute Gasteiger partial charge is 0.408 e. The Morgan fingerprint density at radius 2 is 1.80 bits per heavy atom. The van der Waals surface area contributed by atoms with E-state index in [9.17, 15) is 9.59 Å². The molecule has 1 unspecified atom stereocenters. The summed E-state index contributed by atoms with van der Waals surface area (Å²) in [4.78, 5) is 27.0. The number of amides is 2. The highest BCUT2D eigenvalue weighted by atomic mass is 16.6. The number of nitrogens with zero attached hydrogens (tertiary/aromatic N) is 1. The summed E-state index contributed by atoms with van der Waals surface area (Å²) >= 11 is 0. The average molecular weight is 346 g/mol. The van der Waals surface area contributed by atoms with Gasteiger partial charge in [-0.05, 0) is 45.1 Å². The van der Waals surface area contributed by atoms with Crippen LogP contribution in [-0.2, 0) is 16.0 Å². The first kappa shape index (κ1) is 19.3.